The maximum absolute atomic E-state index is 15.3. The number of amides is 2. The molecule has 49 heavy (non-hydrogen) atoms. The van der Waals surface area contributed by atoms with Crippen LogP contribution in [0.25, 0.3) is 0 Å². The maximum atomic E-state index is 15.3. The molecule has 2 aromatic rings. The highest BCUT2D eigenvalue weighted by Gasteiger charge is 2.79. The topological polar surface area (TPSA) is 81.7 Å². The van der Waals surface area contributed by atoms with Crippen LogP contribution >= 0.6 is 0 Å². The lowest BCUT2D eigenvalue weighted by atomic mass is 9.50. The zero-order valence-electron chi connectivity index (χ0n) is 27.5. The number of allylic oxidation sites excluding steroid dienone is 4. The van der Waals surface area contributed by atoms with Crippen molar-refractivity contribution in [2.75, 3.05) is 28.6 Å². The number of halogens is 5. The van der Waals surface area contributed by atoms with Gasteiger partial charge in [-0.05, 0) is 129 Å². The maximum Gasteiger partial charge on any atom is 0.456 e. The van der Waals surface area contributed by atoms with Crippen molar-refractivity contribution >= 4 is 28.9 Å². The van der Waals surface area contributed by atoms with E-state index in [2.05, 4.69) is 15.5 Å². The Morgan fingerprint density at radius 2 is 1.51 bits per heavy atom. The molecule has 3 N–H and O–H groups in total. The fourth-order valence-electron chi connectivity index (χ4n) is 9.71. The predicted molar refractivity (Wildman–Crippen MR) is 178 cm³/mol. The van der Waals surface area contributed by atoms with Gasteiger partial charge in [0, 0.05) is 47.9 Å². The number of nitrogens with zero attached hydrogens (tertiary/aromatic N) is 1. The van der Waals surface area contributed by atoms with Crippen molar-refractivity contribution in [2.24, 2.45) is 17.3 Å². The molecule has 5 atom stereocenters. The Morgan fingerprint density at radius 3 is 2.14 bits per heavy atom. The quantitative estimate of drug-likeness (QED) is 0.275. The molecule has 1 saturated heterocycles. The molecule has 2 aromatic carbocycles. The number of ketones is 1. The smallest absolute Gasteiger partial charge is 0.383 e. The van der Waals surface area contributed by atoms with E-state index in [1.165, 1.54) is 13.3 Å². The van der Waals surface area contributed by atoms with Gasteiger partial charge in [-0.25, -0.2) is 4.79 Å². The van der Waals surface area contributed by atoms with Crippen molar-refractivity contribution in [3.63, 3.8) is 0 Å². The van der Waals surface area contributed by atoms with Crippen LogP contribution in [-0.4, -0.2) is 47.7 Å². The number of anilines is 3. The SMILES string of the molecule is C[C@]12C[C@H](c3ccc(NC(=O)Nc4ccc(N5CCCCC5)cc4)cc3)C3=C4CCC(=O)C=C4CCC3C1CC[C@@]2(O)C(F)(F)C(F)(F)F. The van der Waals surface area contributed by atoms with E-state index < -0.39 is 47.4 Å². The normalized spacial score (nSPS) is 30.3. The second kappa shape index (κ2) is 12.2. The van der Waals surface area contributed by atoms with Crippen LogP contribution in [-0.2, 0) is 4.79 Å². The number of hydrogen-bond acceptors (Lipinski definition) is 4. The molecule has 3 fully saturated rings. The highest BCUT2D eigenvalue weighted by Crippen LogP contribution is 2.70. The summed E-state index contributed by atoms with van der Waals surface area (Å²) in [5.41, 5.74) is 0.866. The average Bonchev–Trinajstić information content (AvgIpc) is 3.36. The van der Waals surface area contributed by atoms with Gasteiger partial charge in [0.2, 0.25) is 0 Å². The zero-order chi connectivity index (χ0) is 34.8. The highest BCUT2D eigenvalue weighted by atomic mass is 19.4. The molecule has 4 aliphatic carbocycles. The van der Waals surface area contributed by atoms with E-state index >= 15 is 8.78 Å². The summed E-state index contributed by atoms with van der Waals surface area (Å²) in [5.74, 6) is -6.67. The molecule has 7 rings (SSSR count). The van der Waals surface area contributed by atoms with Gasteiger partial charge in [-0.1, -0.05) is 24.6 Å². The average molecular weight is 684 g/mol. The lowest BCUT2D eigenvalue weighted by Crippen LogP contribution is -2.65. The van der Waals surface area contributed by atoms with Gasteiger partial charge in [0.15, 0.2) is 5.78 Å². The number of rotatable bonds is 5. The van der Waals surface area contributed by atoms with E-state index in [0.717, 1.165) is 48.3 Å². The molecule has 6 nitrogen and oxygen atoms in total. The van der Waals surface area contributed by atoms with Crippen LogP contribution < -0.4 is 15.5 Å². The Hall–Kier alpha value is -3.73. The molecule has 1 aliphatic heterocycles. The predicted octanol–water partition coefficient (Wildman–Crippen LogP) is 9.15. The standard InChI is InChI=1S/C38H42F5N3O3/c1-35-22-31(23-5-8-25(9-6-23)44-34(48)45-26-10-12-27(13-11-26)46-19-3-2-4-20-46)33-29-16-14-28(47)21-24(29)7-15-30(33)32(35)17-18-36(35,49)37(39,40)38(41,42)43/h5-6,8-13,21,30-32,49H,2-4,7,14-20,22H2,1H3,(H2,44,45,48)/t30?,31-,32?,35+,36+/m1/s1. The summed E-state index contributed by atoms with van der Waals surface area (Å²) in [5, 5.41) is 17.1. The molecular formula is C38H42F5N3O3. The number of hydrogen-bond donors (Lipinski definition) is 3. The van der Waals surface area contributed by atoms with Crippen LogP contribution in [0.1, 0.15) is 82.6 Å². The minimum Gasteiger partial charge on any atom is -0.383 e. The number of carbonyl (C=O) groups excluding carboxylic acids is 2. The van der Waals surface area contributed by atoms with Crippen LogP contribution in [0.5, 0.6) is 0 Å². The molecule has 0 radical (unpaired) electrons. The molecule has 262 valence electrons. The summed E-state index contributed by atoms with van der Waals surface area (Å²) in [6.45, 7) is 3.44. The first kappa shape index (κ1) is 33.8. The van der Waals surface area contributed by atoms with Crippen LogP contribution in [0.15, 0.2) is 71.3 Å². The second-order valence-corrected chi connectivity index (χ2v) is 14.8. The Kier molecular flexibility index (Phi) is 8.44. The number of aliphatic hydroxyl groups is 1. The molecular weight excluding hydrogens is 641 g/mol. The van der Waals surface area contributed by atoms with Crippen LogP contribution in [0.2, 0.25) is 0 Å². The Balaban J connectivity index is 1.15. The van der Waals surface area contributed by atoms with Gasteiger partial charge >= 0.3 is 18.1 Å². The fraction of sp³-hybridized carbons (Fsp3) is 0.526. The van der Waals surface area contributed by atoms with E-state index in [9.17, 15) is 27.9 Å². The van der Waals surface area contributed by atoms with Crippen LogP contribution in [0, 0.1) is 17.3 Å². The van der Waals surface area contributed by atoms with E-state index in [1.54, 1.807) is 30.3 Å². The zero-order valence-corrected chi connectivity index (χ0v) is 27.5. The number of alkyl halides is 5. The van der Waals surface area contributed by atoms with Crippen molar-refractivity contribution in [2.45, 2.75) is 94.7 Å². The molecule has 0 aromatic heterocycles. The molecule has 2 amide bonds. The summed E-state index contributed by atoms with van der Waals surface area (Å²) in [6.07, 6.45) is 0.508. The van der Waals surface area contributed by atoms with Gasteiger partial charge in [-0.15, -0.1) is 0 Å². The minimum atomic E-state index is -5.90. The first-order valence-electron chi connectivity index (χ1n) is 17.4. The number of carbonyl (C=O) groups is 2. The summed E-state index contributed by atoms with van der Waals surface area (Å²) < 4.78 is 72.1. The van der Waals surface area contributed by atoms with Crippen molar-refractivity contribution in [1.29, 1.82) is 0 Å². The van der Waals surface area contributed by atoms with Gasteiger partial charge in [0.05, 0.1) is 0 Å². The first-order chi connectivity index (χ1) is 23.2. The van der Waals surface area contributed by atoms with Gasteiger partial charge in [-0.2, -0.15) is 22.0 Å². The van der Waals surface area contributed by atoms with E-state index in [0.29, 0.717) is 42.6 Å². The van der Waals surface area contributed by atoms with Crippen molar-refractivity contribution in [3.05, 3.63) is 76.9 Å². The van der Waals surface area contributed by atoms with Gasteiger partial charge < -0.3 is 20.6 Å². The Labute approximate surface area is 282 Å². The van der Waals surface area contributed by atoms with Crippen molar-refractivity contribution in [3.8, 4) is 0 Å². The van der Waals surface area contributed by atoms with E-state index in [-0.39, 0.29) is 24.5 Å². The van der Waals surface area contributed by atoms with Gasteiger partial charge in [-0.3, -0.25) is 4.79 Å². The Bertz CT molecular complexity index is 1680. The molecule has 0 spiro atoms. The van der Waals surface area contributed by atoms with E-state index in [4.69, 9.17) is 0 Å². The third kappa shape index (κ3) is 5.65. The molecule has 5 aliphatic rings. The fourth-order valence-corrected chi connectivity index (χ4v) is 9.71. The number of nitrogens with one attached hydrogen (secondary N) is 2. The van der Waals surface area contributed by atoms with E-state index in [1.807, 2.05) is 24.3 Å². The monoisotopic (exact) mass is 683 g/mol. The van der Waals surface area contributed by atoms with Crippen LogP contribution in [0.4, 0.5) is 43.8 Å². The third-order valence-corrected chi connectivity index (χ3v) is 12.2. The molecule has 1 heterocycles. The minimum absolute atomic E-state index is 0.0294. The second-order valence-electron chi connectivity index (χ2n) is 14.8. The lowest BCUT2D eigenvalue weighted by Gasteiger charge is -2.56. The summed E-state index contributed by atoms with van der Waals surface area (Å²) in [4.78, 5) is 27.5. The van der Waals surface area contributed by atoms with Crippen LogP contribution in [0.3, 0.4) is 0 Å². The molecule has 0 bridgehead atoms. The third-order valence-electron chi connectivity index (χ3n) is 12.2. The van der Waals surface area contributed by atoms with Gasteiger partial charge in [0.1, 0.15) is 5.60 Å². The number of piperidine rings is 1. The summed E-state index contributed by atoms with van der Waals surface area (Å²) in [6, 6.07) is 14.1. The number of urea groups is 1. The lowest BCUT2D eigenvalue weighted by molar-refractivity contribution is -0.362. The summed E-state index contributed by atoms with van der Waals surface area (Å²) in [7, 11) is 0. The number of fused-ring (bicyclic) bond motifs is 4. The largest absolute Gasteiger partial charge is 0.456 e. The molecule has 11 heteroatoms. The summed E-state index contributed by atoms with van der Waals surface area (Å²) >= 11 is 0. The van der Waals surface area contributed by atoms with Crippen molar-refractivity contribution < 1.29 is 36.6 Å². The Morgan fingerprint density at radius 1 is 0.878 bits per heavy atom. The van der Waals surface area contributed by atoms with Crippen molar-refractivity contribution in [1.82, 2.24) is 0 Å². The first-order valence-corrected chi connectivity index (χ1v) is 17.4. The van der Waals surface area contributed by atoms with Gasteiger partial charge in [0.25, 0.3) is 0 Å². The highest BCUT2D eigenvalue weighted by molar-refractivity contribution is 5.99. The molecule has 2 unspecified atom stereocenters. The number of benzene rings is 2. The molecule has 2 saturated carbocycles.